The first-order valence-electron chi connectivity index (χ1n) is 10.1. The van der Waals surface area contributed by atoms with Gasteiger partial charge in [0.25, 0.3) is 5.91 Å². The van der Waals surface area contributed by atoms with Gasteiger partial charge in [-0.1, -0.05) is 0 Å². The molecule has 2 fully saturated rings. The van der Waals surface area contributed by atoms with Gasteiger partial charge in [0.15, 0.2) is 0 Å². The molecule has 5 nitrogen and oxygen atoms in total. The van der Waals surface area contributed by atoms with E-state index in [2.05, 4.69) is 23.8 Å². The Morgan fingerprint density at radius 3 is 2.33 bits per heavy atom. The average molecular weight is 392 g/mol. The minimum atomic E-state index is 0.152. The first-order chi connectivity index (χ1) is 13.1. The molecule has 0 unspecified atom stereocenters. The topological polar surface area (TPSA) is 47.0 Å². The number of nitrogens with zero attached hydrogens (tertiary/aromatic N) is 3. The molecule has 27 heavy (non-hydrogen) atoms. The van der Waals surface area contributed by atoms with E-state index in [1.807, 2.05) is 29.2 Å². The van der Waals surface area contributed by atoms with E-state index in [1.165, 1.54) is 0 Å². The van der Waals surface area contributed by atoms with Gasteiger partial charge in [0.05, 0.1) is 6.61 Å². The number of hydrogen-bond donors (Lipinski definition) is 1. The molecule has 0 radical (unpaired) electrons. The van der Waals surface area contributed by atoms with Crippen molar-refractivity contribution < 1.29 is 9.90 Å². The Kier molecular flexibility index (Phi) is 7.58. The molecule has 1 N–H and O–H groups in total. The van der Waals surface area contributed by atoms with E-state index >= 15 is 0 Å². The van der Waals surface area contributed by atoms with E-state index in [9.17, 15) is 4.79 Å². The van der Waals surface area contributed by atoms with Crippen LogP contribution in [0.2, 0.25) is 0 Å². The largest absolute Gasteiger partial charge is 0.396 e. The van der Waals surface area contributed by atoms with E-state index in [-0.39, 0.29) is 12.5 Å². The molecule has 2 aliphatic rings. The summed E-state index contributed by atoms with van der Waals surface area (Å²) in [6.07, 6.45) is 2.20. The van der Waals surface area contributed by atoms with Gasteiger partial charge in [0, 0.05) is 61.5 Å². The number of piperazine rings is 1. The quantitative estimate of drug-likeness (QED) is 0.754. The molecule has 1 aromatic carbocycles. The molecular formula is C21H33N3O2S. The monoisotopic (exact) mass is 391 g/mol. The smallest absolute Gasteiger partial charge is 0.253 e. The van der Waals surface area contributed by atoms with Crippen LogP contribution in [0.5, 0.6) is 0 Å². The summed E-state index contributed by atoms with van der Waals surface area (Å²) in [5.41, 5.74) is 0.772. The standard InChI is InChI=1S/C21H33N3O2S/c1-17(23-13-11-22(2)12-14-23)18-7-9-24(10-8-18)21(26)19-3-5-20(6-4-19)27-16-15-25/h3-6,17-18,25H,7-16H2,1-2H3/t17-/m0/s1. The molecule has 3 rings (SSSR count). The highest BCUT2D eigenvalue weighted by atomic mass is 32.2. The third kappa shape index (κ3) is 5.47. The zero-order chi connectivity index (χ0) is 19.2. The SMILES string of the molecule is C[C@@H](C1CCN(C(=O)c2ccc(SCCO)cc2)CC1)N1CCN(C)CC1. The predicted molar refractivity (Wildman–Crippen MR) is 111 cm³/mol. The van der Waals surface area contributed by atoms with Crippen molar-refractivity contribution in [3.05, 3.63) is 29.8 Å². The third-order valence-electron chi connectivity index (χ3n) is 6.08. The van der Waals surface area contributed by atoms with E-state index in [1.54, 1.807) is 11.8 Å². The van der Waals surface area contributed by atoms with Crippen molar-refractivity contribution in [2.75, 3.05) is 58.7 Å². The first-order valence-corrected chi connectivity index (χ1v) is 11.1. The van der Waals surface area contributed by atoms with Gasteiger partial charge in [0.2, 0.25) is 0 Å². The zero-order valence-electron chi connectivity index (χ0n) is 16.6. The summed E-state index contributed by atoms with van der Waals surface area (Å²) in [7, 11) is 2.20. The number of amides is 1. The van der Waals surface area contributed by atoms with Gasteiger partial charge in [-0.25, -0.2) is 0 Å². The molecular weight excluding hydrogens is 358 g/mol. The summed E-state index contributed by atoms with van der Waals surface area (Å²) in [5.74, 6) is 1.53. The van der Waals surface area contributed by atoms with E-state index in [0.717, 1.165) is 62.6 Å². The lowest BCUT2D eigenvalue weighted by atomic mass is 9.88. The summed E-state index contributed by atoms with van der Waals surface area (Å²) in [4.78, 5) is 20.9. The average Bonchev–Trinajstić information content (AvgIpc) is 2.72. The minimum Gasteiger partial charge on any atom is -0.396 e. The number of carbonyl (C=O) groups is 1. The lowest BCUT2D eigenvalue weighted by Gasteiger charge is -2.42. The summed E-state index contributed by atoms with van der Waals surface area (Å²) >= 11 is 1.61. The molecule has 1 amide bonds. The Morgan fingerprint density at radius 1 is 1.11 bits per heavy atom. The number of carbonyl (C=O) groups excluding carboxylic acids is 1. The minimum absolute atomic E-state index is 0.152. The molecule has 6 heteroatoms. The zero-order valence-corrected chi connectivity index (χ0v) is 17.5. The molecule has 1 atom stereocenters. The maximum absolute atomic E-state index is 12.8. The van der Waals surface area contributed by atoms with Crippen LogP contribution in [-0.4, -0.2) is 90.4 Å². The van der Waals surface area contributed by atoms with Gasteiger partial charge < -0.3 is 14.9 Å². The Bertz CT molecular complexity index is 594. The van der Waals surface area contributed by atoms with Crippen molar-refractivity contribution in [2.45, 2.75) is 30.7 Å². The molecule has 0 bridgehead atoms. The Morgan fingerprint density at radius 2 is 1.74 bits per heavy atom. The lowest BCUT2D eigenvalue weighted by Crippen LogP contribution is -2.52. The molecule has 0 spiro atoms. The van der Waals surface area contributed by atoms with Crippen LogP contribution in [0.3, 0.4) is 0 Å². The van der Waals surface area contributed by atoms with Crippen molar-refractivity contribution in [1.82, 2.24) is 14.7 Å². The lowest BCUT2D eigenvalue weighted by molar-refractivity contribution is 0.0500. The number of aliphatic hydroxyl groups is 1. The number of rotatable bonds is 6. The van der Waals surface area contributed by atoms with Crippen LogP contribution in [-0.2, 0) is 0 Å². The Labute approximate surface area is 167 Å². The van der Waals surface area contributed by atoms with Gasteiger partial charge in [-0.15, -0.1) is 11.8 Å². The second kappa shape index (κ2) is 9.92. The predicted octanol–water partition coefficient (Wildman–Crippen LogP) is 2.26. The molecule has 0 aromatic heterocycles. The molecule has 0 aliphatic carbocycles. The fourth-order valence-corrected chi connectivity index (χ4v) is 4.81. The number of likely N-dealkylation sites (N-methyl/N-ethyl adjacent to an activating group) is 1. The van der Waals surface area contributed by atoms with E-state index < -0.39 is 0 Å². The van der Waals surface area contributed by atoms with Crippen molar-refractivity contribution in [3.63, 3.8) is 0 Å². The fourth-order valence-electron chi connectivity index (χ4n) is 4.15. The van der Waals surface area contributed by atoms with Crippen LogP contribution < -0.4 is 0 Å². The summed E-state index contributed by atoms with van der Waals surface area (Å²) in [6, 6.07) is 8.41. The summed E-state index contributed by atoms with van der Waals surface area (Å²) in [5, 5.41) is 8.91. The normalized spacial score (nSPS) is 21.4. The van der Waals surface area contributed by atoms with Crippen LogP contribution in [0.15, 0.2) is 29.2 Å². The maximum Gasteiger partial charge on any atom is 0.253 e. The van der Waals surface area contributed by atoms with Crippen LogP contribution in [0.25, 0.3) is 0 Å². The van der Waals surface area contributed by atoms with Crippen molar-refractivity contribution >= 4 is 17.7 Å². The first kappa shape index (κ1) is 20.6. The molecule has 1 aromatic rings. The van der Waals surface area contributed by atoms with Gasteiger partial charge in [-0.3, -0.25) is 9.69 Å². The van der Waals surface area contributed by atoms with Gasteiger partial charge in [0.1, 0.15) is 0 Å². The highest BCUT2D eigenvalue weighted by molar-refractivity contribution is 7.99. The maximum atomic E-state index is 12.8. The number of thioether (sulfide) groups is 1. The van der Waals surface area contributed by atoms with Crippen LogP contribution in [0.4, 0.5) is 0 Å². The summed E-state index contributed by atoms with van der Waals surface area (Å²) in [6.45, 7) is 8.92. The Hall–Kier alpha value is -1.08. The highest BCUT2D eigenvalue weighted by Gasteiger charge is 2.30. The third-order valence-corrected chi connectivity index (χ3v) is 7.08. The number of benzene rings is 1. The fraction of sp³-hybridized carbons (Fsp3) is 0.667. The van der Waals surface area contributed by atoms with Crippen molar-refractivity contribution in [2.24, 2.45) is 5.92 Å². The van der Waals surface area contributed by atoms with Gasteiger partial charge in [-0.05, 0) is 57.0 Å². The number of piperidine rings is 1. The highest BCUT2D eigenvalue weighted by Crippen LogP contribution is 2.26. The van der Waals surface area contributed by atoms with Gasteiger partial charge >= 0.3 is 0 Å². The molecule has 2 heterocycles. The number of likely N-dealkylation sites (tertiary alicyclic amines) is 1. The number of aliphatic hydroxyl groups excluding tert-OH is 1. The van der Waals surface area contributed by atoms with Crippen LogP contribution in [0.1, 0.15) is 30.1 Å². The van der Waals surface area contributed by atoms with E-state index in [0.29, 0.717) is 17.7 Å². The molecule has 150 valence electrons. The summed E-state index contributed by atoms with van der Waals surface area (Å²) < 4.78 is 0. The second-order valence-electron chi connectivity index (χ2n) is 7.81. The second-order valence-corrected chi connectivity index (χ2v) is 8.97. The Balaban J connectivity index is 1.48. The van der Waals surface area contributed by atoms with Crippen molar-refractivity contribution in [3.8, 4) is 0 Å². The van der Waals surface area contributed by atoms with Crippen LogP contribution >= 0.6 is 11.8 Å². The molecule has 0 saturated carbocycles. The van der Waals surface area contributed by atoms with Gasteiger partial charge in [-0.2, -0.15) is 0 Å². The molecule has 2 saturated heterocycles. The van der Waals surface area contributed by atoms with Crippen molar-refractivity contribution in [1.29, 1.82) is 0 Å². The number of hydrogen-bond acceptors (Lipinski definition) is 5. The molecule has 2 aliphatic heterocycles. The van der Waals surface area contributed by atoms with E-state index in [4.69, 9.17) is 5.11 Å². The van der Waals surface area contributed by atoms with Crippen LogP contribution in [0, 0.1) is 5.92 Å².